The van der Waals surface area contributed by atoms with Crippen LogP contribution in [-0.2, 0) is 4.79 Å². The molecule has 0 aliphatic heterocycles. The Kier molecular flexibility index (Phi) is 5.59. The van der Waals surface area contributed by atoms with E-state index in [1.54, 1.807) is 36.4 Å². The Hall–Kier alpha value is -3.81. The van der Waals surface area contributed by atoms with Gasteiger partial charge in [0, 0.05) is 36.2 Å². The molecule has 0 radical (unpaired) electrons. The van der Waals surface area contributed by atoms with Crippen molar-refractivity contribution in [3.05, 3.63) is 78.0 Å². The molecule has 0 spiro atoms. The number of anilines is 4. The van der Waals surface area contributed by atoms with Crippen molar-refractivity contribution in [3.8, 4) is 0 Å². The van der Waals surface area contributed by atoms with E-state index in [9.17, 15) is 18.4 Å². The second-order valence-electron chi connectivity index (χ2n) is 5.90. The van der Waals surface area contributed by atoms with Crippen molar-refractivity contribution in [1.82, 2.24) is 4.98 Å². The van der Waals surface area contributed by atoms with Crippen LogP contribution in [0.25, 0.3) is 0 Å². The largest absolute Gasteiger partial charge is 0.340 e. The molecule has 0 aliphatic carbocycles. The number of nitrogens with zero attached hydrogens (tertiary/aromatic N) is 1. The lowest BCUT2D eigenvalue weighted by molar-refractivity contribution is -0.114. The van der Waals surface area contributed by atoms with Gasteiger partial charge in [-0.15, -0.1) is 0 Å². The molecule has 2 amide bonds. The van der Waals surface area contributed by atoms with Gasteiger partial charge in [-0.1, -0.05) is 6.07 Å². The van der Waals surface area contributed by atoms with E-state index in [4.69, 9.17) is 0 Å². The molecule has 1 heterocycles. The van der Waals surface area contributed by atoms with Gasteiger partial charge in [-0.2, -0.15) is 0 Å². The summed E-state index contributed by atoms with van der Waals surface area (Å²) in [6.45, 7) is 1.42. The second kappa shape index (κ2) is 8.26. The van der Waals surface area contributed by atoms with Crippen LogP contribution in [0.3, 0.4) is 0 Å². The standard InChI is InChI=1S/C20H16F2N4O2/c1-12(27)24-14-3-2-4-15(9-14)25-19-8-5-13(11-23-19)20(28)26-16-6-7-17(21)18(22)10-16/h2-11H,1H3,(H,23,25)(H,24,27)(H,26,28). The fourth-order valence-electron chi connectivity index (χ4n) is 2.41. The number of halogens is 2. The first-order valence-electron chi connectivity index (χ1n) is 8.28. The minimum atomic E-state index is -1.04. The van der Waals surface area contributed by atoms with Crippen molar-refractivity contribution >= 4 is 34.7 Å². The SMILES string of the molecule is CC(=O)Nc1cccc(Nc2ccc(C(=O)Nc3ccc(F)c(F)c3)cn2)c1. The van der Waals surface area contributed by atoms with Gasteiger partial charge in [-0.3, -0.25) is 9.59 Å². The number of carbonyl (C=O) groups is 2. The molecular formula is C20H16F2N4O2. The van der Waals surface area contributed by atoms with E-state index >= 15 is 0 Å². The van der Waals surface area contributed by atoms with Gasteiger partial charge in [-0.25, -0.2) is 13.8 Å². The summed E-state index contributed by atoms with van der Waals surface area (Å²) in [5.74, 6) is -2.22. The van der Waals surface area contributed by atoms with Crippen LogP contribution in [-0.4, -0.2) is 16.8 Å². The normalized spacial score (nSPS) is 10.2. The molecule has 0 saturated heterocycles. The number of hydrogen-bond acceptors (Lipinski definition) is 4. The Balaban J connectivity index is 1.66. The average molecular weight is 382 g/mol. The summed E-state index contributed by atoms with van der Waals surface area (Å²) < 4.78 is 26.2. The summed E-state index contributed by atoms with van der Waals surface area (Å²) >= 11 is 0. The second-order valence-corrected chi connectivity index (χ2v) is 5.90. The van der Waals surface area contributed by atoms with Crippen molar-refractivity contribution in [1.29, 1.82) is 0 Å². The summed E-state index contributed by atoms with van der Waals surface area (Å²) in [6.07, 6.45) is 1.36. The number of aromatic nitrogens is 1. The zero-order valence-electron chi connectivity index (χ0n) is 14.8. The minimum absolute atomic E-state index is 0.140. The summed E-state index contributed by atoms with van der Waals surface area (Å²) in [4.78, 5) is 27.5. The van der Waals surface area contributed by atoms with E-state index in [0.717, 1.165) is 12.1 Å². The number of amides is 2. The Labute approximate surface area is 159 Å². The van der Waals surface area contributed by atoms with E-state index in [0.29, 0.717) is 17.2 Å². The van der Waals surface area contributed by atoms with Crippen LogP contribution in [0.15, 0.2) is 60.8 Å². The summed E-state index contributed by atoms with van der Waals surface area (Å²) in [6, 6.07) is 13.3. The monoisotopic (exact) mass is 382 g/mol. The predicted octanol–water partition coefficient (Wildman–Crippen LogP) is 4.31. The quantitative estimate of drug-likeness (QED) is 0.614. The first-order chi connectivity index (χ1) is 13.4. The Morgan fingerprint density at radius 2 is 1.61 bits per heavy atom. The highest BCUT2D eigenvalue weighted by molar-refractivity contribution is 6.04. The Bertz CT molecular complexity index is 1020. The van der Waals surface area contributed by atoms with Gasteiger partial charge in [-0.05, 0) is 42.5 Å². The zero-order chi connectivity index (χ0) is 20.1. The van der Waals surface area contributed by atoms with E-state index < -0.39 is 17.5 Å². The summed E-state index contributed by atoms with van der Waals surface area (Å²) in [7, 11) is 0. The summed E-state index contributed by atoms with van der Waals surface area (Å²) in [5.41, 5.74) is 1.74. The number of pyridine rings is 1. The number of carbonyl (C=O) groups excluding carboxylic acids is 2. The zero-order valence-corrected chi connectivity index (χ0v) is 14.8. The third-order valence-corrected chi connectivity index (χ3v) is 3.66. The van der Waals surface area contributed by atoms with Crippen molar-refractivity contribution in [2.75, 3.05) is 16.0 Å². The fourth-order valence-corrected chi connectivity index (χ4v) is 2.41. The molecule has 6 nitrogen and oxygen atoms in total. The van der Waals surface area contributed by atoms with Gasteiger partial charge in [0.1, 0.15) is 5.82 Å². The van der Waals surface area contributed by atoms with Crippen LogP contribution < -0.4 is 16.0 Å². The highest BCUT2D eigenvalue weighted by Crippen LogP contribution is 2.19. The van der Waals surface area contributed by atoms with Crippen LogP contribution >= 0.6 is 0 Å². The smallest absolute Gasteiger partial charge is 0.257 e. The fraction of sp³-hybridized carbons (Fsp3) is 0.0500. The number of nitrogens with one attached hydrogen (secondary N) is 3. The van der Waals surface area contributed by atoms with Crippen molar-refractivity contribution in [3.63, 3.8) is 0 Å². The van der Waals surface area contributed by atoms with Crippen LogP contribution in [0.4, 0.5) is 31.7 Å². The van der Waals surface area contributed by atoms with E-state index in [2.05, 4.69) is 20.9 Å². The topological polar surface area (TPSA) is 83.1 Å². The molecule has 0 aliphatic rings. The van der Waals surface area contributed by atoms with E-state index in [-0.39, 0.29) is 17.2 Å². The molecule has 0 unspecified atom stereocenters. The maximum absolute atomic E-state index is 13.2. The molecule has 28 heavy (non-hydrogen) atoms. The molecule has 0 atom stereocenters. The molecule has 142 valence electrons. The first-order valence-corrected chi connectivity index (χ1v) is 8.28. The average Bonchev–Trinajstić information content (AvgIpc) is 2.65. The molecule has 0 fully saturated rings. The van der Waals surface area contributed by atoms with Gasteiger partial charge in [0.05, 0.1) is 5.56 Å². The van der Waals surface area contributed by atoms with E-state index in [1.165, 1.54) is 19.2 Å². The third kappa shape index (κ3) is 4.88. The lowest BCUT2D eigenvalue weighted by Crippen LogP contribution is -2.12. The molecule has 3 aromatic rings. The Morgan fingerprint density at radius 1 is 0.857 bits per heavy atom. The van der Waals surface area contributed by atoms with Gasteiger partial charge in [0.15, 0.2) is 11.6 Å². The molecular weight excluding hydrogens is 366 g/mol. The highest BCUT2D eigenvalue weighted by atomic mass is 19.2. The van der Waals surface area contributed by atoms with E-state index in [1.807, 2.05) is 0 Å². The maximum atomic E-state index is 13.2. The minimum Gasteiger partial charge on any atom is -0.340 e. The van der Waals surface area contributed by atoms with Crippen LogP contribution in [0.2, 0.25) is 0 Å². The number of rotatable bonds is 5. The summed E-state index contributed by atoms with van der Waals surface area (Å²) in [5, 5.41) is 8.22. The Morgan fingerprint density at radius 3 is 2.29 bits per heavy atom. The molecule has 0 saturated carbocycles. The van der Waals surface area contributed by atoms with Gasteiger partial charge < -0.3 is 16.0 Å². The van der Waals surface area contributed by atoms with Crippen molar-refractivity contribution < 1.29 is 18.4 Å². The number of hydrogen-bond donors (Lipinski definition) is 3. The maximum Gasteiger partial charge on any atom is 0.257 e. The molecule has 8 heteroatoms. The van der Waals surface area contributed by atoms with Crippen LogP contribution in [0.1, 0.15) is 17.3 Å². The van der Waals surface area contributed by atoms with Crippen LogP contribution in [0.5, 0.6) is 0 Å². The lowest BCUT2D eigenvalue weighted by atomic mass is 10.2. The predicted molar refractivity (Wildman–Crippen MR) is 103 cm³/mol. The molecule has 1 aromatic heterocycles. The highest BCUT2D eigenvalue weighted by Gasteiger charge is 2.09. The van der Waals surface area contributed by atoms with Crippen molar-refractivity contribution in [2.45, 2.75) is 6.92 Å². The first kappa shape index (κ1) is 19.0. The van der Waals surface area contributed by atoms with Crippen molar-refractivity contribution in [2.24, 2.45) is 0 Å². The van der Waals surface area contributed by atoms with Gasteiger partial charge in [0.2, 0.25) is 5.91 Å². The molecule has 2 aromatic carbocycles. The van der Waals surface area contributed by atoms with Gasteiger partial charge in [0.25, 0.3) is 5.91 Å². The van der Waals surface area contributed by atoms with Crippen LogP contribution in [0, 0.1) is 11.6 Å². The third-order valence-electron chi connectivity index (χ3n) is 3.66. The van der Waals surface area contributed by atoms with Gasteiger partial charge >= 0.3 is 0 Å². The molecule has 0 bridgehead atoms. The molecule has 3 N–H and O–H groups in total. The number of benzene rings is 2. The lowest BCUT2D eigenvalue weighted by Gasteiger charge is -2.09. The molecule has 3 rings (SSSR count).